The molecule has 110 valence electrons. The highest BCUT2D eigenvalue weighted by molar-refractivity contribution is 5.77. The number of hydrogen-bond acceptors (Lipinski definition) is 2. The summed E-state index contributed by atoms with van der Waals surface area (Å²) in [7, 11) is 2.20. The zero-order valence-electron chi connectivity index (χ0n) is 12.7. The van der Waals surface area contributed by atoms with E-state index in [4.69, 9.17) is 11.1 Å². The molecule has 1 aromatic rings. The van der Waals surface area contributed by atoms with Crippen LogP contribution in [0, 0.1) is 11.3 Å². The van der Waals surface area contributed by atoms with Crippen molar-refractivity contribution in [3.05, 3.63) is 35.9 Å². The van der Waals surface area contributed by atoms with Gasteiger partial charge in [-0.3, -0.25) is 10.3 Å². The monoisotopic (exact) mass is 273 g/mol. The summed E-state index contributed by atoms with van der Waals surface area (Å²) < 4.78 is 0. The van der Waals surface area contributed by atoms with Gasteiger partial charge in [-0.2, -0.15) is 0 Å². The van der Waals surface area contributed by atoms with Gasteiger partial charge in [0.25, 0.3) is 0 Å². The normalized spacial score (nSPS) is 24.6. The lowest BCUT2D eigenvalue weighted by Gasteiger charge is -2.39. The molecule has 0 amide bonds. The Bertz CT molecular complexity index is 429. The quantitative estimate of drug-likeness (QED) is 0.636. The Balaban J connectivity index is 2.15. The standard InChI is InChI=1S/C17H27N3/c1-13-7-6-10-15(11-13)20(2)16(12-17(18)19)14-8-4-3-5-9-14/h3-5,8-9,13,15-16H,6-7,10-12H2,1-2H3,(H3,18,19). The van der Waals surface area contributed by atoms with Gasteiger partial charge in [0.1, 0.15) is 0 Å². The summed E-state index contributed by atoms with van der Waals surface area (Å²) in [6.45, 7) is 2.35. The first-order chi connectivity index (χ1) is 9.58. The number of nitrogens with two attached hydrogens (primary N) is 1. The third kappa shape index (κ3) is 3.83. The molecular formula is C17H27N3. The third-order valence-corrected chi connectivity index (χ3v) is 4.57. The average molecular weight is 273 g/mol. The molecule has 3 nitrogen and oxygen atoms in total. The molecule has 2 rings (SSSR count). The predicted octanol–water partition coefficient (Wildman–Crippen LogP) is 3.56. The van der Waals surface area contributed by atoms with Crippen LogP contribution in [-0.4, -0.2) is 23.8 Å². The van der Waals surface area contributed by atoms with Crippen LogP contribution in [0.25, 0.3) is 0 Å². The fourth-order valence-electron chi connectivity index (χ4n) is 3.41. The van der Waals surface area contributed by atoms with E-state index in [1.165, 1.54) is 31.2 Å². The summed E-state index contributed by atoms with van der Waals surface area (Å²) in [5.41, 5.74) is 6.95. The van der Waals surface area contributed by atoms with Crippen molar-refractivity contribution in [1.82, 2.24) is 4.90 Å². The number of rotatable bonds is 5. The van der Waals surface area contributed by atoms with Crippen LogP contribution in [0.4, 0.5) is 0 Å². The van der Waals surface area contributed by atoms with Crippen LogP contribution >= 0.6 is 0 Å². The minimum absolute atomic E-state index is 0.226. The van der Waals surface area contributed by atoms with Gasteiger partial charge in [-0.15, -0.1) is 0 Å². The molecule has 0 bridgehead atoms. The van der Waals surface area contributed by atoms with Crippen LogP contribution in [0.2, 0.25) is 0 Å². The maximum absolute atomic E-state index is 7.67. The zero-order valence-corrected chi connectivity index (χ0v) is 12.7. The van der Waals surface area contributed by atoms with Crippen molar-refractivity contribution < 1.29 is 0 Å². The summed E-state index contributed by atoms with van der Waals surface area (Å²) in [5.74, 6) is 1.08. The van der Waals surface area contributed by atoms with E-state index in [9.17, 15) is 0 Å². The van der Waals surface area contributed by atoms with Crippen molar-refractivity contribution in [3.8, 4) is 0 Å². The second kappa shape index (κ2) is 6.89. The van der Waals surface area contributed by atoms with Gasteiger partial charge in [-0.1, -0.05) is 50.1 Å². The molecule has 0 saturated heterocycles. The van der Waals surface area contributed by atoms with Crippen LogP contribution < -0.4 is 5.73 Å². The topological polar surface area (TPSA) is 53.1 Å². The van der Waals surface area contributed by atoms with E-state index in [-0.39, 0.29) is 11.9 Å². The molecule has 1 fully saturated rings. The summed E-state index contributed by atoms with van der Waals surface area (Å²) in [5, 5.41) is 7.67. The number of benzene rings is 1. The highest BCUT2D eigenvalue weighted by atomic mass is 15.2. The second-order valence-electron chi connectivity index (χ2n) is 6.25. The molecule has 1 aromatic carbocycles. The maximum Gasteiger partial charge on any atom is 0.0924 e. The van der Waals surface area contributed by atoms with Crippen molar-refractivity contribution in [2.24, 2.45) is 11.7 Å². The predicted molar refractivity (Wildman–Crippen MR) is 84.9 cm³/mol. The van der Waals surface area contributed by atoms with Crippen molar-refractivity contribution in [1.29, 1.82) is 5.41 Å². The first kappa shape index (κ1) is 15.0. The first-order valence-electron chi connectivity index (χ1n) is 7.67. The Labute approximate surface area is 122 Å². The highest BCUT2D eigenvalue weighted by Gasteiger charge is 2.28. The number of amidine groups is 1. The average Bonchev–Trinajstić information content (AvgIpc) is 2.45. The van der Waals surface area contributed by atoms with E-state index in [1.807, 2.05) is 6.07 Å². The van der Waals surface area contributed by atoms with Gasteiger partial charge in [0.05, 0.1) is 5.84 Å². The summed E-state index contributed by atoms with van der Waals surface area (Å²) >= 11 is 0. The van der Waals surface area contributed by atoms with Crippen LogP contribution in [0.3, 0.4) is 0 Å². The van der Waals surface area contributed by atoms with Crippen LogP contribution in [0.5, 0.6) is 0 Å². The van der Waals surface area contributed by atoms with Gasteiger partial charge in [-0.05, 0) is 31.4 Å². The number of nitrogens with one attached hydrogen (secondary N) is 1. The molecule has 0 aliphatic heterocycles. The molecule has 1 saturated carbocycles. The Morgan fingerprint density at radius 1 is 1.35 bits per heavy atom. The third-order valence-electron chi connectivity index (χ3n) is 4.57. The van der Waals surface area contributed by atoms with Gasteiger partial charge in [-0.25, -0.2) is 0 Å². The van der Waals surface area contributed by atoms with E-state index >= 15 is 0 Å². The Morgan fingerprint density at radius 3 is 2.65 bits per heavy atom. The van der Waals surface area contributed by atoms with Crippen molar-refractivity contribution in [3.63, 3.8) is 0 Å². The van der Waals surface area contributed by atoms with Crippen molar-refractivity contribution in [2.75, 3.05) is 7.05 Å². The smallest absolute Gasteiger partial charge is 0.0924 e. The molecule has 0 aromatic heterocycles. The Morgan fingerprint density at radius 2 is 2.05 bits per heavy atom. The molecule has 1 aliphatic carbocycles. The maximum atomic E-state index is 7.67. The van der Waals surface area contributed by atoms with Crippen molar-refractivity contribution >= 4 is 5.84 Å². The molecular weight excluding hydrogens is 246 g/mol. The van der Waals surface area contributed by atoms with E-state index < -0.39 is 0 Å². The molecule has 3 heteroatoms. The number of hydrogen-bond donors (Lipinski definition) is 2. The number of nitrogens with zero attached hydrogens (tertiary/aromatic N) is 1. The lowest BCUT2D eigenvalue weighted by molar-refractivity contribution is 0.120. The zero-order chi connectivity index (χ0) is 14.5. The van der Waals surface area contributed by atoms with Gasteiger partial charge < -0.3 is 5.73 Å². The fraction of sp³-hybridized carbons (Fsp3) is 0.588. The molecule has 3 atom stereocenters. The van der Waals surface area contributed by atoms with Crippen LogP contribution in [-0.2, 0) is 0 Å². The molecule has 1 aliphatic rings. The first-order valence-corrected chi connectivity index (χ1v) is 7.67. The van der Waals surface area contributed by atoms with E-state index in [1.54, 1.807) is 0 Å². The molecule has 0 heterocycles. The minimum Gasteiger partial charge on any atom is -0.388 e. The Hall–Kier alpha value is -1.35. The largest absolute Gasteiger partial charge is 0.388 e. The summed E-state index contributed by atoms with van der Waals surface area (Å²) in [4.78, 5) is 2.45. The minimum atomic E-state index is 0.226. The van der Waals surface area contributed by atoms with Crippen molar-refractivity contribution in [2.45, 2.75) is 51.1 Å². The lowest BCUT2D eigenvalue weighted by atomic mass is 9.85. The van der Waals surface area contributed by atoms with E-state index in [2.05, 4.69) is 43.1 Å². The van der Waals surface area contributed by atoms with Gasteiger partial charge >= 0.3 is 0 Å². The SMILES string of the molecule is CC1CCCC(N(C)C(CC(=N)N)c2ccccc2)C1. The molecule has 3 unspecified atom stereocenters. The molecule has 3 N–H and O–H groups in total. The van der Waals surface area contributed by atoms with Gasteiger partial charge in [0.15, 0.2) is 0 Å². The summed E-state index contributed by atoms with van der Waals surface area (Å²) in [6.07, 6.45) is 5.82. The second-order valence-corrected chi connectivity index (χ2v) is 6.25. The van der Waals surface area contributed by atoms with Crippen LogP contribution in [0.1, 0.15) is 50.6 Å². The van der Waals surface area contributed by atoms with Crippen LogP contribution in [0.15, 0.2) is 30.3 Å². The molecule has 0 radical (unpaired) electrons. The van der Waals surface area contributed by atoms with E-state index in [0.29, 0.717) is 12.5 Å². The highest BCUT2D eigenvalue weighted by Crippen LogP contribution is 2.33. The Kier molecular flexibility index (Phi) is 5.18. The fourth-order valence-corrected chi connectivity index (χ4v) is 3.41. The lowest BCUT2D eigenvalue weighted by Crippen LogP contribution is -2.39. The van der Waals surface area contributed by atoms with Gasteiger partial charge in [0.2, 0.25) is 0 Å². The van der Waals surface area contributed by atoms with Gasteiger partial charge in [0, 0.05) is 18.5 Å². The molecule has 20 heavy (non-hydrogen) atoms. The summed E-state index contributed by atoms with van der Waals surface area (Å²) in [6, 6.07) is 11.3. The van der Waals surface area contributed by atoms with E-state index in [0.717, 1.165) is 5.92 Å². The molecule has 0 spiro atoms.